The number of carbonyl (C=O) groups excluding carboxylic acids is 1. The molecular weight excluding hydrogens is 280 g/mol. The maximum absolute atomic E-state index is 11.0. The van der Waals surface area contributed by atoms with E-state index in [1.165, 1.54) is 12.1 Å². The second-order valence-corrected chi connectivity index (χ2v) is 3.82. The van der Waals surface area contributed by atoms with Gasteiger partial charge in [-0.1, -0.05) is 0 Å². The van der Waals surface area contributed by atoms with Crippen molar-refractivity contribution in [2.75, 3.05) is 13.4 Å². The molecule has 0 saturated carbocycles. The lowest BCUT2D eigenvalue weighted by molar-refractivity contribution is -0.385. The number of halogens is 1. The number of nitrogens with one attached hydrogen (secondary N) is 1. The van der Waals surface area contributed by atoms with Crippen LogP contribution in [0.3, 0.4) is 0 Å². The summed E-state index contributed by atoms with van der Waals surface area (Å²) in [5.41, 5.74) is 0.213. The summed E-state index contributed by atoms with van der Waals surface area (Å²) in [6, 6.07) is 2.25. The number of alkyl carbamates (subject to hydrolysis) is 1. The molecule has 1 fully saturated rings. The number of nitrogens with zero attached hydrogens (tertiary/aromatic N) is 1. The minimum absolute atomic E-state index is 0. The summed E-state index contributed by atoms with van der Waals surface area (Å²) in [5, 5.41) is 13.5. The molecule has 102 valence electrons. The minimum atomic E-state index is -0.591. The zero-order valence-corrected chi connectivity index (χ0v) is 10.3. The van der Waals surface area contributed by atoms with Gasteiger partial charge in [-0.05, 0) is 6.07 Å². The molecule has 19 heavy (non-hydrogen) atoms. The lowest BCUT2D eigenvalue weighted by atomic mass is 10.0. The molecule has 2 aliphatic heterocycles. The van der Waals surface area contributed by atoms with E-state index in [9.17, 15) is 14.9 Å². The number of hydrogen-bond acceptors (Lipinski definition) is 6. The Balaban J connectivity index is 0.00000133. The summed E-state index contributed by atoms with van der Waals surface area (Å²) >= 11 is 0. The Morgan fingerprint density at radius 1 is 1.26 bits per heavy atom. The molecule has 0 radical (unpaired) electrons. The molecule has 1 amide bonds. The second kappa shape index (κ2) is 4.81. The molecule has 2 heterocycles. The molecule has 0 aromatic heterocycles. The van der Waals surface area contributed by atoms with E-state index in [0.717, 1.165) is 0 Å². The molecule has 0 aliphatic carbocycles. The van der Waals surface area contributed by atoms with Gasteiger partial charge in [0.1, 0.15) is 6.61 Å². The van der Waals surface area contributed by atoms with Crippen LogP contribution in [-0.2, 0) is 4.74 Å². The van der Waals surface area contributed by atoms with E-state index < -0.39 is 17.1 Å². The highest BCUT2D eigenvalue weighted by atomic mass is 35.5. The molecule has 8 nitrogen and oxygen atoms in total. The minimum Gasteiger partial charge on any atom is -0.454 e. The molecule has 0 spiro atoms. The maximum Gasteiger partial charge on any atom is 0.407 e. The third-order valence-corrected chi connectivity index (χ3v) is 2.77. The normalized spacial score (nSPS) is 19.4. The monoisotopic (exact) mass is 288 g/mol. The van der Waals surface area contributed by atoms with Gasteiger partial charge in [0.05, 0.1) is 22.6 Å². The number of nitro groups is 1. The number of amides is 1. The molecule has 1 saturated heterocycles. The molecule has 2 aliphatic rings. The third kappa shape index (κ3) is 2.22. The van der Waals surface area contributed by atoms with Crippen molar-refractivity contribution in [1.82, 2.24) is 5.32 Å². The Morgan fingerprint density at radius 2 is 1.95 bits per heavy atom. The Hall–Kier alpha value is -2.22. The van der Waals surface area contributed by atoms with Gasteiger partial charge in [0.15, 0.2) is 11.5 Å². The van der Waals surface area contributed by atoms with Crippen molar-refractivity contribution in [3.8, 4) is 11.5 Å². The van der Waals surface area contributed by atoms with Crippen molar-refractivity contribution in [3.05, 3.63) is 27.8 Å². The van der Waals surface area contributed by atoms with Crippen molar-refractivity contribution >= 4 is 24.2 Å². The van der Waals surface area contributed by atoms with Crippen molar-refractivity contribution in [3.63, 3.8) is 0 Å². The lowest BCUT2D eigenvalue weighted by Gasteiger charge is -2.09. The van der Waals surface area contributed by atoms with E-state index in [2.05, 4.69) is 5.32 Å². The van der Waals surface area contributed by atoms with Crippen LogP contribution < -0.4 is 14.8 Å². The van der Waals surface area contributed by atoms with Crippen LogP contribution in [0.2, 0.25) is 0 Å². The van der Waals surface area contributed by atoms with E-state index in [0.29, 0.717) is 17.1 Å². The first-order valence-corrected chi connectivity index (χ1v) is 5.16. The number of fused-ring (bicyclic) bond motifs is 1. The van der Waals surface area contributed by atoms with Crippen LogP contribution in [0, 0.1) is 10.1 Å². The quantitative estimate of drug-likeness (QED) is 0.654. The Kier molecular flexibility index (Phi) is 3.34. The molecule has 1 N–H and O–H groups in total. The molecular formula is C10H9ClN2O6. The fourth-order valence-corrected chi connectivity index (χ4v) is 1.94. The van der Waals surface area contributed by atoms with Crippen LogP contribution in [0.4, 0.5) is 10.5 Å². The molecule has 1 aromatic carbocycles. The standard InChI is InChI=1S/C10H8N2O6.ClH/c13-10-11-6(3-16-10)5-1-8-9(18-4-17-8)2-7(5)12(14)15;/h1-2,6H,3-4H2,(H,11,13);1H/t6-;/m0./s1. The first-order valence-electron chi connectivity index (χ1n) is 5.16. The number of hydrogen-bond donors (Lipinski definition) is 1. The average molecular weight is 289 g/mol. The molecule has 0 unspecified atom stereocenters. The molecule has 1 aromatic rings. The first-order chi connectivity index (χ1) is 8.65. The van der Waals surface area contributed by atoms with Crippen molar-refractivity contribution < 1.29 is 23.9 Å². The summed E-state index contributed by atoms with van der Waals surface area (Å²) in [6.07, 6.45) is -0.591. The topological polar surface area (TPSA) is 99.9 Å². The summed E-state index contributed by atoms with van der Waals surface area (Å²) in [5.74, 6) is 0.757. The molecule has 0 bridgehead atoms. The number of rotatable bonds is 2. The highest BCUT2D eigenvalue weighted by molar-refractivity contribution is 5.85. The lowest BCUT2D eigenvalue weighted by Crippen LogP contribution is -2.19. The van der Waals surface area contributed by atoms with Gasteiger partial charge < -0.3 is 19.5 Å². The maximum atomic E-state index is 11.0. The van der Waals surface area contributed by atoms with Gasteiger partial charge in [-0.3, -0.25) is 10.1 Å². The van der Waals surface area contributed by atoms with Gasteiger partial charge in [-0.25, -0.2) is 4.79 Å². The predicted molar refractivity (Wildman–Crippen MR) is 63.7 cm³/mol. The van der Waals surface area contributed by atoms with Gasteiger partial charge in [0.25, 0.3) is 5.69 Å². The fraction of sp³-hybridized carbons (Fsp3) is 0.300. The average Bonchev–Trinajstić information content (AvgIpc) is 2.94. The Bertz CT molecular complexity index is 549. The van der Waals surface area contributed by atoms with Gasteiger partial charge in [0.2, 0.25) is 6.79 Å². The van der Waals surface area contributed by atoms with Crippen molar-refractivity contribution in [2.45, 2.75) is 6.04 Å². The number of carbonyl (C=O) groups is 1. The smallest absolute Gasteiger partial charge is 0.407 e. The van der Waals surface area contributed by atoms with E-state index >= 15 is 0 Å². The van der Waals surface area contributed by atoms with E-state index in [-0.39, 0.29) is 31.5 Å². The zero-order chi connectivity index (χ0) is 12.7. The van der Waals surface area contributed by atoms with Gasteiger partial charge >= 0.3 is 6.09 Å². The molecule has 3 rings (SSSR count). The highest BCUT2D eigenvalue weighted by Gasteiger charge is 2.32. The van der Waals surface area contributed by atoms with Gasteiger partial charge in [0, 0.05) is 0 Å². The number of cyclic esters (lactones) is 1. The first kappa shape index (κ1) is 13.2. The van der Waals surface area contributed by atoms with E-state index in [1.807, 2.05) is 0 Å². The van der Waals surface area contributed by atoms with Crippen LogP contribution >= 0.6 is 12.4 Å². The third-order valence-electron chi connectivity index (χ3n) is 2.77. The largest absolute Gasteiger partial charge is 0.454 e. The van der Waals surface area contributed by atoms with Gasteiger partial charge in [-0.2, -0.15) is 0 Å². The predicted octanol–water partition coefficient (Wildman–Crippen LogP) is 1.53. The summed E-state index contributed by atoms with van der Waals surface area (Å²) < 4.78 is 15.0. The van der Waals surface area contributed by atoms with Crippen molar-refractivity contribution in [1.29, 1.82) is 0 Å². The van der Waals surface area contributed by atoms with Crippen LogP contribution in [-0.4, -0.2) is 24.4 Å². The number of benzene rings is 1. The van der Waals surface area contributed by atoms with Crippen LogP contribution in [0.25, 0.3) is 0 Å². The fourth-order valence-electron chi connectivity index (χ4n) is 1.94. The summed E-state index contributed by atoms with van der Waals surface area (Å²) in [6.45, 7) is 0.0861. The van der Waals surface area contributed by atoms with Gasteiger partial charge in [-0.15, -0.1) is 12.4 Å². The summed E-state index contributed by atoms with van der Waals surface area (Å²) in [4.78, 5) is 21.5. The SMILES string of the molecule is Cl.O=C1N[C@H](c2cc3c(cc2[N+](=O)[O-])OCO3)CO1. The second-order valence-electron chi connectivity index (χ2n) is 3.82. The Morgan fingerprint density at radius 3 is 2.53 bits per heavy atom. The molecule has 9 heteroatoms. The molecule has 1 atom stereocenters. The van der Waals surface area contributed by atoms with E-state index in [4.69, 9.17) is 14.2 Å². The van der Waals surface area contributed by atoms with Crippen molar-refractivity contribution in [2.24, 2.45) is 0 Å². The van der Waals surface area contributed by atoms with Crippen LogP contribution in [0.5, 0.6) is 11.5 Å². The summed E-state index contributed by atoms with van der Waals surface area (Å²) in [7, 11) is 0. The zero-order valence-electron chi connectivity index (χ0n) is 9.45. The van der Waals surface area contributed by atoms with Crippen LogP contribution in [0.1, 0.15) is 11.6 Å². The highest BCUT2D eigenvalue weighted by Crippen LogP contribution is 2.40. The van der Waals surface area contributed by atoms with E-state index in [1.54, 1.807) is 0 Å². The number of nitro benzene ring substituents is 1. The number of ether oxygens (including phenoxy) is 3. The van der Waals surface area contributed by atoms with Crippen LogP contribution in [0.15, 0.2) is 12.1 Å². The Labute approximate surface area is 113 Å².